The van der Waals surface area contributed by atoms with Crippen LogP contribution in [0.1, 0.15) is 33.2 Å². The Morgan fingerprint density at radius 1 is 0.879 bits per heavy atom. The smallest absolute Gasteiger partial charge is 0.262 e. The SMILES string of the molecule is CC(=O)Nc1cc(NC(=O)C(Cc2ccccc2)N2C(=O)c3ccccc3C2=O)ccc1F. The second-order valence-electron chi connectivity index (χ2n) is 7.60. The van der Waals surface area contributed by atoms with Gasteiger partial charge in [0.2, 0.25) is 11.8 Å². The molecule has 7 nitrogen and oxygen atoms in total. The van der Waals surface area contributed by atoms with Crippen LogP contribution in [0.3, 0.4) is 0 Å². The molecule has 0 saturated carbocycles. The van der Waals surface area contributed by atoms with Crippen LogP contribution in [0.2, 0.25) is 0 Å². The van der Waals surface area contributed by atoms with E-state index in [0.717, 1.165) is 16.5 Å². The van der Waals surface area contributed by atoms with Gasteiger partial charge in [0, 0.05) is 19.0 Å². The van der Waals surface area contributed by atoms with Crippen molar-refractivity contribution in [2.75, 3.05) is 10.6 Å². The average molecular weight is 445 g/mol. The van der Waals surface area contributed by atoms with Gasteiger partial charge in [-0.15, -0.1) is 0 Å². The van der Waals surface area contributed by atoms with Crippen molar-refractivity contribution in [3.8, 4) is 0 Å². The van der Waals surface area contributed by atoms with Crippen molar-refractivity contribution >= 4 is 35.0 Å². The molecular formula is C25H20FN3O4. The standard InChI is InChI=1S/C25H20FN3O4/c1-15(30)27-21-14-17(11-12-20(21)26)28-23(31)22(13-16-7-3-2-4-8-16)29-24(32)18-9-5-6-10-19(18)25(29)33/h2-12,14,22H,13H2,1H3,(H,27,30)(H,28,31). The number of amides is 4. The first-order chi connectivity index (χ1) is 15.8. The summed E-state index contributed by atoms with van der Waals surface area (Å²) in [5, 5.41) is 5.00. The van der Waals surface area contributed by atoms with Gasteiger partial charge in [0.1, 0.15) is 11.9 Å². The van der Waals surface area contributed by atoms with E-state index < -0.39 is 35.5 Å². The Labute approximate surface area is 189 Å². The Bertz CT molecular complexity index is 1220. The Morgan fingerprint density at radius 2 is 1.48 bits per heavy atom. The first-order valence-corrected chi connectivity index (χ1v) is 10.2. The second-order valence-corrected chi connectivity index (χ2v) is 7.60. The lowest BCUT2D eigenvalue weighted by molar-refractivity contribution is -0.120. The molecule has 1 aliphatic rings. The first-order valence-electron chi connectivity index (χ1n) is 10.2. The third kappa shape index (κ3) is 4.50. The van der Waals surface area contributed by atoms with Crippen molar-refractivity contribution in [1.29, 1.82) is 0 Å². The summed E-state index contributed by atoms with van der Waals surface area (Å²) in [4.78, 5) is 51.7. The van der Waals surface area contributed by atoms with Crippen LogP contribution >= 0.6 is 0 Å². The van der Waals surface area contributed by atoms with Gasteiger partial charge in [0.05, 0.1) is 16.8 Å². The summed E-state index contributed by atoms with van der Waals surface area (Å²) in [6.07, 6.45) is 0.0951. The van der Waals surface area contributed by atoms with E-state index in [0.29, 0.717) is 0 Å². The maximum atomic E-state index is 14.0. The molecule has 33 heavy (non-hydrogen) atoms. The van der Waals surface area contributed by atoms with Gasteiger partial charge in [-0.25, -0.2) is 4.39 Å². The number of imide groups is 1. The molecule has 3 aromatic carbocycles. The van der Waals surface area contributed by atoms with E-state index in [1.165, 1.54) is 19.1 Å². The number of rotatable bonds is 6. The summed E-state index contributed by atoms with van der Waals surface area (Å²) >= 11 is 0. The first kappa shape index (κ1) is 21.9. The second kappa shape index (κ2) is 9.04. The molecule has 0 aromatic heterocycles. The molecule has 0 radical (unpaired) electrons. The molecule has 0 fully saturated rings. The van der Waals surface area contributed by atoms with Crippen LogP contribution in [0.25, 0.3) is 0 Å². The highest BCUT2D eigenvalue weighted by molar-refractivity contribution is 6.23. The zero-order chi connectivity index (χ0) is 23.5. The molecule has 4 amide bonds. The van der Waals surface area contributed by atoms with Crippen LogP contribution in [0.5, 0.6) is 0 Å². The number of hydrogen-bond acceptors (Lipinski definition) is 4. The minimum atomic E-state index is -1.14. The van der Waals surface area contributed by atoms with Crippen molar-refractivity contribution in [3.63, 3.8) is 0 Å². The van der Waals surface area contributed by atoms with Gasteiger partial charge >= 0.3 is 0 Å². The fourth-order valence-electron chi connectivity index (χ4n) is 3.74. The van der Waals surface area contributed by atoms with Crippen molar-refractivity contribution in [2.45, 2.75) is 19.4 Å². The van der Waals surface area contributed by atoms with E-state index in [2.05, 4.69) is 10.6 Å². The van der Waals surface area contributed by atoms with Gasteiger partial charge in [-0.2, -0.15) is 0 Å². The highest BCUT2D eigenvalue weighted by atomic mass is 19.1. The molecular weight excluding hydrogens is 425 g/mol. The quantitative estimate of drug-likeness (QED) is 0.567. The largest absolute Gasteiger partial charge is 0.324 e. The van der Waals surface area contributed by atoms with Crippen LogP contribution in [0, 0.1) is 5.82 Å². The molecule has 0 saturated heterocycles. The van der Waals surface area contributed by atoms with Crippen molar-refractivity contribution in [3.05, 3.63) is 95.3 Å². The lowest BCUT2D eigenvalue weighted by atomic mass is 10.0. The number of benzene rings is 3. The van der Waals surface area contributed by atoms with Crippen molar-refractivity contribution in [1.82, 2.24) is 4.90 Å². The molecule has 1 aliphatic heterocycles. The molecule has 2 N–H and O–H groups in total. The van der Waals surface area contributed by atoms with E-state index in [9.17, 15) is 23.6 Å². The van der Waals surface area contributed by atoms with Crippen LogP contribution in [-0.4, -0.2) is 34.6 Å². The summed E-state index contributed by atoms with van der Waals surface area (Å²) in [5.41, 5.74) is 1.35. The molecule has 1 heterocycles. The van der Waals surface area contributed by atoms with E-state index in [4.69, 9.17) is 0 Å². The number of nitrogens with zero attached hydrogens (tertiary/aromatic N) is 1. The van der Waals surface area contributed by atoms with Gasteiger partial charge in [0.25, 0.3) is 11.8 Å². The highest BCUT2D eigenvalue weighted by Crippen LogP contribution is 2.27. The van der Waals surface area contributed by atoms with E-state index in [1.54, 1.807) is 48.5 Å². The van der Waals surface area contributed by atoms with E-state index >= 15 is 0 Å². The summed E-state index contributed by atoms with van der Waals surface area (Å²) < 4.78 is 14.0. The van der Waals surface area contributed by atoms with Gasteiger partial charge in [-0.1, -0.05) is 42.5 Å². The molecule has 0 bridgehead atoms. The molecule has 0 spiro atoms. The molecule has 1 atom stereocenters. The van der Waals surface area contributed by atoms with Crippen LogP contribution in [-0.2, 0) is 16.0 Å². The summed E-state index contributed by atoms with van der Waals surface area (Å²) in [6, 6.07) is 18.0. The molecule has 1 unspecified atom stereocenters. The number of hydrogen-bond donors (Lipinski definition) is 2. The molecule has 166 valence electrons. The number of carbonyl (C=O) groups is 4. The topological polar surface area (TPSA) is 95.6 Å². The Balaban J connectivity index is 1.66. The maximum absolute atomic E-state index is 14.0. The minimum absolute atomic E-state index is 0.0951. The van der Waals surface area contributed by atoms with Crippen LogP contribution in [0.15, 0.2) is 72.8 Å². The lowest BCUT2D eigenvalue weighted by Gasteiger charge is -2.25. The Morgan fingerprint density at radius 3 is 2.09 bits per heavy atom. The van der Waals surface area contributed by atoms with Gasteiger partial charge < -0.3 is 10.6 Å². The summed E-state index contributed by atoms with van der Waals surface area (Å²) in [7, 11) is 0. The zero-order valence-electron chi connectivity index (χ0n) is 17.7. The fraction of sp³-hybridized carbons (Fsp3) is 0.120. The average Bonchev–Trinajstić information content (AvgIpc) is 3.05. The van der Waals surface area contributed by atoms with Gasteiger partial charge in [0.15, 0.2) is 0 Å². The van der Waals surface area contributed by atoms with Crippen LogP contribution < -0.4 is 10.6 Å². The third-order valence-corrected chi connectivity index (χ3v) is 5.26. The monoisotopic (exact) mass is 445 g/mol. The summed E-state index contributed by atoms with van der Waals surface area (Å²) in [5.74, 6) is -2.85. The third-order valence-electron chi connectivity index (χ3n) is 5.26. The normalized spacial score (nSPS) is 13.5. The number of nitrogens with one attached hydrogen (secondary N) is 2. The zero-order valence-corrected chi connectivity index (χ0v) is 17.7. The van der Waals surface area contributed by atoms with E-state index in [-0.39, 0.29) is 28.9 Å². The van der Waals surface area contributed by atoms with Gasteiger partial charge in [-0.05, 0) is 35.9 Å². The van der Waals surface area contributed by atoms with Crippen LogP contribution in [0.4, 0.5) is 15.8 Å². The highest BCUT2D eigenvalue weighted by Gasteiger charge is 2.42. The number of carbonyl (C=O) groups excluding carboxylic acids is 4. The minimum Gasteiger partial charge on any atom is -0.324 e. The number of halogens is 1. The molecule has 0 aliphatic carbocycles. The van der Waals surface area contributed by atoms with Gasteiger partial charge in [-0.3, -0.25) is 24.1 Å². The Kier molecular flexibility index (Phi) is 5.99. The van der Waals surface area contributed by atoms with Crippen molar-refractivity contribution in [2.24, 2.45) is 0 Å². The predicted octanol–water partition coefficient (Wildman–Crippen LogP) is 3.63. The number of anilines is 2. The number of fused-ring (bicyclic) bond motifs is 1. The molecule has 8 heteroatoms. The van der Waals surface area contributed by atoms with Crippen molar-refractivity contribution < 1.29 is 23.6 Å². The summed E-state index contributed by atoms with van der Waals surface area (Å²) in [6.45, 7) is 1.24. The fourth-order valence-corrected chi connectivity index (χ4v) is 3.74. The van der Waals surface area contributed by atoms with E-state index in [1.807, 2.05) is 6.07 Å². The molecule has 4 rings (SSSR count). The predicted molar refractivity (Wildman–Crippen MR) is 120 cm³/mol. The maximum Gasteiger partial charge on any atom is 0.262 e. The molecule has 3 aromatic rings. The lowest BCUT2D eigenvalue weighted by Crippen LogP contribution is -2.48. The Hall–Kier alpha value is -4.33.